The molecule has 0 aliphatic rings. The van der Waals surface area contributed by atoms with Crippen molar-refractivity contribution in [2.45, 2.75) is 0 Å². The molecule has 0 aliphatic carbocycles. The zero-order valence-corrected chi connectivity index (χ0v) is 14.0. The maximum Gasteiger partial charge on any atom is 0.257 e. The molecule has 0 unspecified atom stereocenters. The number of pyridine rings is 1. The van der Waals surface area contributed by atoms with E-state index in [0.717, 1.165) is 11.4 Å². The first-order valence-corrected chi connectivity index (χ1v) is 7.91. The zero-order chi connectivity index (χ0) is 16.9. The van der Waals surface area contributed by atoms with Crippen molar-refractivity contribution in [2.24, 2.45) is 0 Å². The monoisotopic (exact) mass is 357 g/mol. The van der Waals surface area contributed by atoms with Crippen LogP contribution < -0.4 is 10.6 Å². The van der Waals surface area contributed by atoms with E-state index >= 15 is 0 Å². The van der Waals surface area contributed by atoms with E-state index in [1.165, 1.54) is 6.20 Å². The molecular formula is C18H13Cl2N3O. The van der Waals surface area contributed by atoms with Crippen molar-refractivity contribution >= 4 is 46.2 Å². The number of carbonyl (C=O) groups excluding carboxylic acids is 1. The first kappa shape index (κ1) is 16.3. The van der Waals surface area contributed by atoms with Crippen LogP contribution in [-0.4, -0.2) is 10.9 Å². The molecular weight excluding hydrogens is 345 g/mol. The van der Waals surface area contributed by atoms with E-state index in [9.17, 15) is 4.79 Å². The number of benzene rings is 2. The number of hydrogen-bond donors (Lipinski definition) is 2. The minimum atomic E-state index is -0.207. The van der Waals surface area contributed by atoms with Crippen molar-refractivity contribution in [1.82, 2.24) is 4.98 Å². The van der Waals surface area contributed by atoms with Gasteiger partial charge in [0, 0.05) is 28.8 Å². The second-order valence-corrected chi connectivity index (χ2v) is 5.87. The smallest absolute Gasteiger partial charge is 0.257 e. The minimum absolute atomic E-state index is 0.207. The molecule has 2 aromatic carbocycles. The molecule has 0 atom stereocenters. The molecule has 0 aliphatic heterocycles. The Labute approximate surface area is 149 Å². The molecule has 120 valence electrons. The Morgan fingerprint density at radius 2 is 1.71 bits per heavy atom. The Hall–Kier alpha value is -2.56. The fourth-order valence-corrected chi connectivity index (χ4v) is 2.42. The Morgan fingerprint density at radius 1 is 0.958 bits per heavy atom. The third kappa shape index (κ3) is 4.04. The van der Waals surface area contributed by atoms with Crippen molar-refractivity contribution in [3.8, 4) is 0 Å². The molecule has 0 radical (unpaired) electrons. The fourth-order valence-electron chi connectivity index (χ4n) is 2.09. The third-order valence-electron chi connectivity index (χ3n) is 3.27. The van der Waals surface area contributed by atoms with Crippen LogP contribution in [0, 0.1) is 0 Å². The van der Waals surface area contributed by atoms with Gasteiger partial charge in [-0.25, -0.2) is 0 Å². The summed E-state index contributed by atoms with van der Waals surface area (Å²) < 4.78 is 0. The highest BCUT2D eigenvalue weighted by Crippen LogP contribution is 2.28. The predicted molar refractivity (Wildman–Crippen MR) is 98.4 cm³/mol. The van der Waals surface area contributed by atoms with Gasteiger partial charge >= 0.3 is 0 Å². The number of rotatable bonds is 4. The molecule has 0 bridgehead atoms. The summed E-state index contributed by atoms with van der Waals surface area (Å²) in [5.41, 5.74) is 2.74. The Bertz CT molecular complexity index is 852. The van der Waals surface area contributed by atoms with E-state index in [-0.39, 0.29) is 5.91 Å². The Balaban J connectivity index is 1.69. The van der Waals surface area contributed by atoms with Gasteiger partial charge in [-0.2, -0.15) is 0 Å². The van der Waals surface area contributed by atoms with Crippen LogP contribution in [0.5, 0.6) is 0 Å². The van der Waals surface area contributed by atoms with Gasteiger partial charge in [-0.3, -0.25) is 9.78 Å². The number of nitrogens with zero attached hydrogens (tertiary/aromatic N) is 1. The summed E-state index contributed by atoms with van der Waals surface area (Å²) in [4.78, 5) is 16.0. The number of anilines is 3. The predicted octanol–water partition coefficient (Wildman–Crippen LogP) is 5.38. The number of nitrogens with one attached hydrogen (secondary N) is 2. The molecule has 0 fully saturated rings. The van der Waals surface area contributed by atoms with E-state index in [0.29, 0.717) is 21.3 Å². The lowest BCUT2D eigenvalue weighted by atomic mass is 10.2. The van der Waals surface area contributed by atoms with Crippen LogP contribution in [-0.2, 0) is 0 Å². The SMILES string of the molecule is O=C(Nc1ccc(Nc2cc(Cl)ccc2Cl)cc1)c1cccnc1. The normalized spacial score (nSPS) is 10.2. The first-order valence-electron chi connectivity index (χ1n) is 7.15. The van der Waals surface area contributed by atoms with Crippen molar-refractivity contribution in [3.63, 3.8) is 0 Å². The summed E-state index contributed by atoms with van der Waals surface area (Å²) in [5.74, 6) is -0.207. The number of hydrogen-bond acceptors (Lipinski definition) is 3. The van der Waals surface area contributed by atoms with E-state index in [2.05, 4.69) is 15.6 Å². The second-order valence-electron chi connectivity index (χ2n) is 5.02. The molecule has 24 heavy (non-hydrogen) atoms. The molecule has 3 rings (SSSR count). The van der Waals surface area contributed by atoms with Crippen LogP contribution in [0.2, 0.25) is 10.0 Å². The molecule has 0 saturated heterocycles. The average Bonchev–Trinajstić information content (AvgIpc) is 2.60. The molecule has 0 spiro atoms. The number of amides is 1. The quantitative estimate of drug-likeness (QED) is 0.658. The highest BCUT2D eigenvalue weighted by Gasteiger charge is 2.06. The van der Waals surface area contributed by atoms with Gasteiger partial charge in [0.15, 0.2) is 0 Å². The standard InChI is InChI=1S/C18H13Cl2N3O/c19-13-3-8-16(20)17(10-13)22-14-4-6-15(7-5-14)23-18(24)12-2-1-9-21-11-12/h1-11,22H,(H,23,24). The topological polar surface area (TPSA) is 54.0 Å². The number of carbonyl (C=O) groups is 1. The average molecular weight is 358 g/mol. The molecule has 6 heteroatoms. The molecule has 1 heterocycles. The van der Waals surface area contributed by atoms with Gasteiger partial charge in [0.1, 0.15) is 0 Å². The molecule has 1 amide bonds. The maximum absolute atomic E-state index is 12.1. The number of aromatic nitrogens is 1. The summed E-state index contributed by atoms with van der Waals surface area (Å²) in [6.45, 7) is 0. The van der Waals surface area contributed by atoms with E-state index < -0.39 is 0 Å². The van der Waals surface area contributed by atoms with Gasteiger partial charge in [-0.05, 0) is 54.6 Å². The Morgan fingerprint density at radius 3 is 2.42 bits per heavy atom. The van der Waals surface area contributed by atoms with Gasteiger partial charge in [0.25, 0.3) is 5.91 Å². The lowest BCUT2D eigenvalue weighted by Crippen LogP contribution is -2.11. The number of halogens is 2. The lowest BCUT2D eigenvalue weighted by molar-refractivity contribution is 0.102. The van der Waals surface area contributed by atoms with Crippen molar-refractivity contribution in [2.75, 3.05) is 10.6 Å². The van der Waals surface area contributed by atoms with Crippen molar-refractivity contribution < 1.29 is 4.79 Å². The minimum Gasteiger partial charge on any atom is -0.354 e. The molecule has 2 N–H and O–H groups in total. The van der Waals surface area contributed by atoms with E-state index in [4.69, 9.17) is 23.2 Å². The van der Waals surface area contributed by atoms with Crippen LogP contribution in [0.1, 0.15) is 10.4 Å². The van der Waals surface area contributed by atoms with Crippen LogP contribution >= 0.6 is 23.2 Å². The van der Waals surface area contributed by atoms with E-state index in [1.54, 1.807) is 48.7 Å². The summed E-state index contributed by atoms with van der Waals surface area (Å²) in [7, 11) is 0. The molecule has 3 aromatic rings. The van der Waals surface area contributed by atoms with Gasteiger partial charge in [-0.15, -0.1) is 0 Å². The van der Waals surface area contributed by atoms with Gasteiger partial charge in [0.05, 0.1) is 16.3 Å². The largest absolute Gasteiger partial charge is 0.354 e. The van der Waals surface area contributed by atoms with Crippen molar-refractivity contribution in [3.05, 3.63) is 82.6 Å². The fraction of sp³-hybridized carbons (Fsp3) is 0. The third-order valence-corrected chi connectivity index (χ3v) is 3.84. The summed E-state index contributed by atoms with van der Waals surface area (Å²) >= 11 is 12.1. The maximum atomic E-state index is 12.1. The van der Waals surface area contributed by atoms with Crippen molar-refractivity contribution in [1.29, 1.82) is 0 Å². The van der Waals surface area contributed by atoms with Crippen LogP contribution in [0.15, 0.2) is 67.0 Å². The van der Waals surface area contributed by atoms with Gasteiger partial charge < -0.3 is 10.6 Å². The molecule has 4 nitrogen and oxygen atoms in total. The highest BCUT2D eigenvalue weighted by molar-refractivity contribution is 6.35. The van der Waals surface area contributed by atoms with Crippen LogP contribution in [0.4, 0.5) is 17.1 Å². The van der Waals surface area contributed by atoms with Crippen LogP contribution in [0.25, 0.3) is 0 Å². The first-order chi connectivity index (χ1) is 11.6. The van der Waals surface area contributed by atoms with Gasteiger partial charge in [0.2, 0.25) is 0 Å². The molecule has 1 aromatic heterocycles. The summed E-state index contributed by atoms with van der Waals surface area (Å²) in [5, 5.41) is 7.18. The van der Waals surface area contributed by atoms with Crippen LogP contribution in [0.3, 0.4) is 0 Å². The summed E-state index contributed by atoms with van der Waals surface area (Å²) in [6, 6.07) is 15.9. The highest BCUT2D eigenvalue weighted by atomic mass is 35.5. The summed E-state index contributed by atoms with van der Waals surface area (Å²) in [6.07, 6.45) is 3.14. The lowest BCUT2D eigenvalue weighted by Gasteiger charge is -2.10. The Kier molecular flexibility index (Phi) is 4.99. The van der Waals surface area contributed by atoms with Gasteiger partial charge in [-0.1, -0.05) is 23.2 Å². The van der Waals surface area contributed by atoms with E-state index in [1.807, 2.05) is 12.1 Å². The zero-order valence-electron chi connectivity index (χ0n) is 12.5. The molecule has 0 saturated carbocycles. The second kappa shape index (κ2) is 7.34.